The molecule has 2 aromatic rings. The van der Waals surface area contributed by atoms with E-state index < -0.39 is 0 Å². The normalized spacial score (nSPS) is 11.5. The van der Waals surface area contributed by atoms with Gasteiger partial charge in [-0.1, -0.05) is 19.9 Å². The van der Waals surface area contributed by atoms with Crippen LogP contribution < -0.4 is 11.1 Å². The average molecular weight is 372 g/mol. The van der Waals surface area contributed by atoms with Crippen LogP contribution >= 0.6 is 33.9 Å². The SMILES string of the molecule is CC(C)(CNc1ccc(N)cc1I)c1cccs1. The second-order valence-corrected chi connectivity index (χ2v) is 7.06. The van der Waals surface area contributed by atoms with Gasteiger partial charge in [-0.2, -0.15) is 0 Å². The van der Waals surface area contributed by atoms with Crippen molar-refractivity contribution in [3.63, 3.8) is 0 Å². The van der Waals surface area contributed by atoms with Crippen LogP contribution in [0.25, 0.3) is 0 Å². The molecular weight excluding hydrogens is 355 g/mol. The highest BCUT2D eigenvalue weighted by molar-refractivity contribution is 14.1. The summed E-state index contributed by atoms with van der Waals surface area (Å²) in [7, 11) is 0. The lowest BCUT2D eigenvalue weighted by Crippen LogP contribution is -2.26. The smallest absolute Gasteiger partial charge is 0.0477 e. The molecule has 0 saturated carbocycles. The Balaban J connectivity index is 2.07. The van der Waals surface area contributed by atoms with Crippen LogP contribution in [0.2, 0.25) is 0 Å². The second kappa shape index (κ2) is 5.48. The number of hydrogen-bond donors (Lipinski definition) is 2. The van der Waals surface area contributed by atoms with Crippen LogP contribution in [0, 0.1) is 3.57 Å². The molecule has 0 spiro atoms. The predicted octanol–water partition coefficient (Wildman–Crippen LogP) is 4.32. The topological polar surface area (TPSA) is 38.0 Å². The van der Waals surface area contributed by atoms with Gasteiger partial charge in [0, 0.05) is 31.8 Å². The number of nitrogens with two attached hydrogens (primary N) is 1. The molecule has 4 heteroatoms. The Morgan fingerprint density at radius 2 is 2.11 bits per heavy atom. The Hall–Kier alpha value is -0.750. The lowest BCUT2D eigenvalue weighted by molar-refractivity contribution is 0.569. The van der Waals surface area contributed by atoms with E-state index in [2.05, 4.69) is 59.3 Å². The quantitative estimate of drug-likeness (QED) is 0.620. The molecule has 0 bridgehead atoms. The van der Waals surface area contributed by atoms with E-state index in [1.807, 2.05) is 29.5 Å². The Morgan fingerprint density at radius 3 is 2.72 bits per heavy atom. The van der Waals surface area contributed by atoms with Gasteiger partial charge in [0.05, 0.1) is 0 Å². The molecular formula is C14H17IN2S. The van der Waals surface area contributed by atoms with E-state index in [0.717, 1.165) is 21.5 Å². The fourth-order valence-corrected chi connectivity index (χ4v) is 3.32. The van der Waals surface area contributed by atoms with Crippen LogP contribution in [0.1, 0.15) is 18.7 Å². The molecule has 2 nitrogen and oxygen atoms in total. The first-order valence-corrected chi connectivity index (χ1v) is 7.78. The van der Waals surface area contributed by atoms with Crippen molar-refractivity contribution in [2.45, 2.75) is 19.3 Å². The van der Waals surface area contributed by atoms with Gasteiger partial charge >= 0.3 is 0 Å². The first kappa shape index (κ1) is 13.7. The van der Waals surface area contributed by atoms with E-state index in [1.54, 1.807) is 0 Å². The number of nitrogens with one attached hydrogen (secondary N) is 1. The van der Waals surface area contributed by atoms with Crippen LogP contribution in [0.4, 0.5) is 11.4 Å². The van der Waals surface area contributed by atoms with Gasteiger partial charge in [0.25, 0.3) is 0 Å². The van der Waals surface area contributed by atoms with E-state index in [0.29, 0.717) is 0 Å². The van der Waals surface area contributed by atoms with Crippen LogP contribution in [-0.4, -0.2) is 6.54 Å². The van der Waals surface area contributed by atoms with Crippen LogP contribution in [-0.2, 0) is 5.41 Å². The molecule has 96 valence electrons. The predicted molar refractivity (Wildman–Crippen MR) is 89.4 cm³/mol. The van der Waals surface area contributed by atoms with E-state index in [-0.39, 0.29) is 5.41 Å². The number of thiophene rings is 1. The average Bonchev–Trinajstić information content (AvgIpc) is 2.82. The fourth-order valence-electron chi connectivity index (χ4n) is 1.74. The van der Waals surface area contributed by atoms with E-state index in [1.165, 1.54) is 4.88 Å². The molecule has 2 rings (SSSR count). The number of benzene rings is 1. The highest BCUT2D eigenvalue weighted by Gasteiger charge is 2.21. The molecule has 0 atom stereocenters. The number of nitrogen functional groups attached to an aromatic ring is 1. The maximum absolute atomic E-state index is 5.76. The monoisotopic (exact) mass is 372 g/mol. The van der Waals surface area contributed by atoms with Crippen molar-refractivity contribution in [2.75, 3.05) is 17.6 Å². The van der Waals surface area contributed by atoms with Gasteiger partial charge in [-0.15, -0.1) is 11.3 Å². The number of hydrogen-bond acceptors (Lipinski definition) is 3. The van der Waals surface area contributed by atoms with Crippen molar-refractivity contribution in [1.82, 2.24) is 0 Å². The second-order valence-electron chi connectivity index (χ2n) is 4.95. The van der Waals surface area contributed by atoms with Crippen molar-refractivity contribution in [3.8, 4) is 0 Å². The number of halogens is 1. The summed E-state index contributed by atoms with van der Waals surface area (Å²) in [5.74, 6) is 0. The van der Waals surface area contributed by atoms with Crippen molar-refractivity contribution in [2.24, 2.45) is 0 Å². The Kier molecular flexibility index (Phi) is 4.17. The summed E-state index contributed by atoms with van der Waals surface area (Å²) in [5, 5.41) is 5.64. The summed E-state index contributed by atoms with van der Waals surface area (Å²) >= 11 is 4.12. The van der Waals surface area contributed by atoms with Crippen LogP contribution in [0.5, 0.6) is 0 Å². The number of anilines is 2. The van der Waals surface area contributed by atoms with Crippen molar-refractivity contribution in [1.29, 1.82) is 0 Å². The van der Waals surface area contributed by atoms with E-state index in [4.69, 9.17) is 5.73 Å². The minimum atomic E-state index is 0.138. The minimum absolute atomic E-state index is 0.138. The molecule has 0 aliphatic carbocycles. The summed E-state index contributed by atoms with van der Waals surface area (Å²) < 4.78 is 1.16. The molecule has 1 aromatic heterocycles. The van der Waals surface area contributed by atoms with Gasteiger partial charge in [0.2, 0.25) is 0 Å². The summed E-state index contributed by atoms with van der Waals surface area (Å²) in [4.78, 5) is 1.40. The molecule has 0 aliphatic heterocycles. The zero-order valence-electron chi connectivity index (χ0n) is 10.5. The minimum Gasteiger partial charge on any atom is -0.399 e. The van der Waals surface area contributed by atoms with Gasteiger partial charge in [-0.3, -0.25) is 0 Å². The molecule has 0 aliphatic rings. The highest BCUT2D eigenvalue weighted by Crippen LogP contribution is 2.29. The van der Waals surface area contributed by atoms with E-state index >= 15 is 0 Å². The molecule has 1 aromatic carbocycles. The summed E-state index contributed by atoms with van der Waals surface area (Å²) in [5.41, 5.74) is 7.85. The lowest BCUT2D eigenvalue weighted by atomic mass is 9.91. The zero-order valence-corrected chi connectivity index (χ0v) is 13.5. The Labute approximate surface area is 126 Å². The maximum atomic E-state index is 5.76. The zero-order chi connectivity index (χ0) is 13.2. The first-order chi connectivity index (χ1) is 8.49. The van der Waals surface area contributed by atoms with Gasteiger partial charge in [0.15, 0.2) is 0 Å². The van der Waals surface area contributed by atoms with Crippen molar-refractivity contribution in [3.05, 3.63) is 44.2 Å². The third kappa shape index (κ3) is 3.17. The first-order valence-electron chi connectivity index (χ1n) is 5.82. The summed E-state index contributed by atoms with van der Waals surface area (Å²) in [6, 6.07) is 10.3. The van der Waals surface area contributed by atoms with Crippen molar-refractivity contribution < 1.29 is 0 Å². The van der Waals surface area contributed by atoms with Gasteiger partial charge in [0.1, 0.15) is 0 Å². The van der Waals surface area contributed by atoms with Crippen molar-refractivity contribution >= 4 is 45.3 Å². The molecule has 3 N–H and O–H groups in total. The van der Waals surface area contributed by atoms with E-state index in [9.17, 15) is 0 Å². The fraction of sp³-hybridized carbons (Fsp3) is 0.286. The molecule has 0 fully saturated rings. The third-order valence-corrected chi connectivity index (χ3v) is 5.03. The van der Waals surface area contributed by atoms with Gasteiger partial charge in [-0.25, -0.2) is 0 Å². The molecule has 18 heavy (non-hydrogen) atoms. The van der Waals surface area contributed by atoms with Gasteiger partial charge in [-0.05, 0) is 52.2 Å². The lowest BCUT2D eigenvalue weighted by Gasteiger charge is -2.24. The van der Waals surface area contributed by atoms with Crippen LogP contribution in [0.15, 0.2) is 35.7 Å². The standard InChI is InChI=1S/C14H17IN2S/c1-14(2,13-4-3-7-18-13)9-17-12-6-5-10(16)8-11(12)15/h3-8,17H,9,16H2,1-2H3. The Morgan fingerprint density at radius 1 is 1.33 bits per heavy atom. The molecule has 1 heterocycles. The molecule has 0 unspecified atom stereocenters. The molecule has 0 radical (unpaired) electrons. The highest BCUT2D eigenvalue weighted by atomic mass is 127. The summed E-state index contributed by atoms with van der Waals surface area (Å²) in [6.07, 6.45) is 0. The Bertz CT molecular complexity index is 521. The van der Waals surface area contributed by atoms with Crippen LogP contribution in [0.3, 0.4) is 0 Å². The summed E-state index contributed by atoms with van der Waals surface area (Å²) in [6.45, 7) is 5.43. The largest absolute Gasteiger partial charge is 0.399 e. The number of rotatable bonds is 4. The molecule has 0 amide bonds. The molecule has 0 saturated heterocycles. The maximum Gasteiger partial charge on any atom is 0.0477 e. The van der Waals surface area contributed by atoms with Gasteiger partial charge < -0.3 is 11.1 Å². The third-order valence-electron chi connectivity index (χ3n) is 2.90.